The summed E-state index contributed by atoms with van der Waals surface area (Å²) in [7, 11) is 0. The molecule has 4 rings (SSSR count). The van der Waals surface area contributed by atoms with Crippen molar-refractivity contribution < 1.29 is 14.4 Å². The number of carbonyl (C=O) groups is 3. The molecule has 0 aliphatic carbocycles. The maximum Gasteiger partial charge on any atom is 0.254 e. The Hall–Kier alpha value is -2.87. The predicted molar refractivity (Wildman–Crippen MR) is 97.1 cm³/mol. The van der Waals surface area contributed by atoms with Crippen LogP contribution in [0, 0.1) is 0 Å². The fourth-order valence-electron chi connectivity index (χ4n) is 3.52. The summed E-state index contributed by atoms with van der Waals surface area (Å²) in [5.74, 6) is -0.549. The van der Waals surface area contributed by atoms with Gasteiger partial charge in [-0.05, 0) is 24.3 Å². The van der Waals surface area contributed by atoms with Crippen LogP contribution in [0.2, 0.25) is 5.02 Å². The molecule has 2 aliphatic rings. The lowest BCUT2D eigenvalue weighted by molar-refractivity contribution is -0.152. The van der Waals surface area contributed by atoms with Crippen molar-refractivity contribution in [3.63, 3.8) is 0 Å². The van der Waals surface area contributed by atoms with Gasteiger partial charge in [-0.15, -0.1) is 0 Å². The van der Waals surface area contributed by atoms with Gasteiger partial charge in [-0.1, -0.05) is 11.6 Å². The minimum Gasteiger partial charge on any atom is -0.348 e. The Morgan fingerprint density at radius 3 is 2.70 bits per heavy atom. The van der Waals surface area contributed by atoms with Crippen LogP contribution in [0.1, 0.15) is 16.1 Å². The lowest BCUT2D eigenvalue weighted by atomic mass is 10.0. The zero-order valence-electron chi connectivity index (χ0n) is 14.4. The van der Waals surface area contributed by atoms with Gasteiger partial charge in [-0.25, -0.2) is 4.98 Å². The Kier molecular flexibility index (Phi) is 4.57. The average molecular weight is 388 g/mol. The number of H-pyrrole nitrogens is 1. The number of carbonyl (C=O) groups excluding carboxylic acids is 3. The van der Waals surface area contributed by atoms with Crippen LogP contribution in [0.25, 0.3) is 0 Å². The molecular formula is C18H18ClN5O3. The first-order chi connectivity index (χ1) is 13.0. The molecule has 2 aromatic rings. The average Bonchev–Trinajstić information content (AvgIpc) is 3.19. The molecule has 2 saturated heterocycles. The fraction of sp³-hybridized carbons (Fsp3) is 0.333. The molecule has 0 saturated carbocycles. The van der Waals surface area contributed by atoms with Crippen LogP contribution in [0.5, 0.6) is 0 Å². The first-order valence-corrected chi connectivity index (χ1v) is 9.03. The minimum absolute atomic E-state index is 0.132. The largest absolute Gasteiger partial charge is 0.348 e. The van der Waals surface area contributed by atoms with Crippen molar-refractivity contribution in [2.24, 2.45) is 0 Å². The quantitative estimate of drug-likeness (QED) is 0.799. The number of nitrogens with one attached hydrogen (secondary N) is 2. The monoisotopic (exact) mass is 387 g/mol. The summed E-state index contributed by atoms with van der Waals surface area (Å²) in [6.45, 7) is 0.888. The molecule has 9 heteroatoms. The highest BCUT2D eigenvalue weighted by atomic mass is 35.5. The SMILES string of the molecule is O=C1N[C@H](Cc2cnc[nH]2)C(=O)N2CCN(C(=O)c3ccc(Cl)cc3)C[C@@H]12. The van der Waals surface area contributed by atoms with Crippen molar-refractivity contribution in [2.45, 2.75) is 18.5 Å². The third-order valence-corrected chi connectivity index (χ3v) is 5.19. The summed E-state index contributed by atoms with van der Waals surface area (Å²) < 4.78 is 0. The lowest BCUT2D eigenvalue weighted by Crippen LogP contribution is -2.70. The molecule has 1 aromatic heterocycles. The van der Waals surface area contributed by atoms with Gasteiger partial charge in [-0.2, -0.15) is 0 Å². The molecular weight excluding hydrogens is 370 g/mol. The van der Waals surface area contributed by atoms with E-state index < -0.39 is 12.1 Å². The van der Waals surface area contributed by atoms with Crippen LogP contribution in [-0.2, 0) is 16.0 Å². The number of fused-ring (bicyclic) bond motifs is 1. The van der Waals surface area contributed by atoms with Gasteiger partial charge >= 0.3 is 0 Å². The molecule has 0 bridgehead atoms. The number of aromatic nitrogens is 2. The van der Waals surface area contributed by atoms with E-state index in [-0.39, 0.29) is 24.3 Å². The summed E-state index contributed by atoms with van der Waals surface area (Å²) in [5.41, 5.74) is 1.29. The minimum atomic E-state index is -0.666. The maximum absolute atomic E-state index is 12.8. The molecule has 2 atom stereocenters. The van der Waals surface area contributed by atoms with Crippen molar-refractivity contribution in [1.29, 1.82) is 0 Å². The second-order valence-electron chi connectivity index (χ2n) is 6.65. The highest BCUT2D eigenvalue weighted by molar-refractivity contribution is 6.30. The summed E-state index contributed by atoms with van der Waals surface area (Å²) >= 11 is 5.86. The van der Waals surface area contributed by atoms with Gasteiger partial charge in [0.25, 0.3) is 5.91 Å². The first-order valence-electron chi connectivity index (χ1n) is 8.66. The number of imidazole rings is 1. The van der Waals surface area contributed by atoms with Crippen LogP contribution in [0.4, 0.5) is 0 Å². The van der Waals surface area contributed by atoms with E-state index in [1.807, 2.05) is 0 Å². The predicted octanol–water partition coefficient (Wildman–Crippen LogP) is 0.457. The summed E-state index contributed by atoms with van der Waals surface area (Å²) in [5, 5.41) is 3.33. The van der Waals surface area contributed by atoms with E-state index in [0.29, 0.717) is 30.1 Å². The molecule has 2 fully saturated rings. The number of rotatable bonds is 3. The van der Waals surface area contributed by atoms with E-state index in [1.165, 1.54) is 6.33 Å². The zero-order valence-corrected chi connectivity index (χ0v) is 15.1. The molecule has 2 N–H and O–H groups in total. The Labute approximate surface area is 160 Å². The number of halogens is 1. The highest BCUT2D eigenvalue weighted by Gasteiger charge is 2.44. The Morgan fingerprint density at radius 1 is 1.22 bits per heavy atom. The first kappa shape index (κ1) is 17.5. The van der Waals surface area contributed by atoms with E-state index in [2.05, 4.69) is 15.3 Å². The summed E-state index contributed by atoms with van der Waals surface area (Å²) in [4.78, 5) is 48.1. The van der Waals surface area contributed by atoms with Crippen LogP contribution in [0.3, 0.4) is 0 Å². The normalized spacial score (nSPS) is 22.4. The number of benzene rings is 1. The molecule has 27 heavy (non-hydrogen) atoms. The van der Waals surface area contributed by atoms with Gasteiger partial charge in [0, 0.05) is 42.0 Å². The summed E-state index contributed by atoms with van der Waals surface area (Å²) in [6, 6.07) is 5.34. The van der Waals surface area contributed by atoms with Gasteiger partial charge in [-0.3, -0.25) is 14.4 Å². The topological polar surface area (TPSA) is 98.4 Å². The van der Waals surface area contributed by atoms with Crippen LogP contribution in [-0.4, -0.2) is 69.2 Å². The third-order valence-electron chi connectivity index (χ3n) is 4.94. The Morgan fingerprint density at radius 2 is 2.00 bits per heavy atom. The molecule has 2 aliphatic heterocycles. The molecule has 3 amide bonds. The van der Waals surface area contributed by atoms with E-state index in [0.717, 1.165) is 5.69 Å². The van der Waals surface area contributed by atoms with E-state index in [1.54, 1.807) is 40.3 Å². The van der Waals surface area contributed by atoms with Crippen molar-refractivity contribution >= 4 is 29.3 Å². The zero-order chi connectivity index (χ0) is 19.0. The molecule has 3 heterocycles. The molecule has 8 nitrogen and oxygen atoms in total. The molecule has 1 aromatic carbocycles. The van der Waals surface area contributed by atoms with E-state index in [9.17, 15) is 14.4 Å². The van der Waals surface area contributed by atoms with E-state index >= 15 is 0 Å². The van der Waals surface area contributed by atoms with Crippen LogP contribution >= 0.6 is 11.6 Å². The standard InChI is InChI=1S/C18H18ClN5O3/c19-12-3-1-11(2-4-12)17(26)23-5-6-24-15(9-23)16(25)22-14(18(24)27)7-13-8-20-10-21-13/h1-4,8,10,14-15H,5-7,9H2,(H,20,21)(H,22,25)/t14-,15+/m1/s1. The van der Waals surface area contributed by atoms with Gasteiger partial charge in [0.15, 0.2) is 0 Å². The van der Waals surface area contributed by atoms with Crippen LogP contribution < -0.4 is 5.32 Å². The van der Waals surface area contributed by atoms with Crippen molar-refractivity contribution in [2.75, 3.05) is 19.6 Å². The third kappa shape index (κ3) is 3.40. The number of amides is 3. The Balaban J connectivity index is 1.46. The lowest BCUT2D eigenvalue weighted by Gasteiger charge is -2.45. The van der Waals surface area contributed by atoms with Gasteiger partial charge in [0.1, 0.15) is 12.1 Å². The van der Waals surface area contributed by atoms with Gasteiger partial charge < -0.3 is 20.1 Å². The van der Waals surface area contributed by atoms with Crippen molar-refractivity contribution in [1.82, 2.24) is 25.1 Å². The second kappa shape index (κ2) is 7.03. The van der Waals surface area contributed by atoms with Gasteiger partial charge in [0.2, 0.25) is 11.8 Å². The smallest absolute Gasteiger partial charge is 0.254 e. The molecule has 0 unspecified atom stereocenters. The Bertz CT molecular complexity index is 868. The number of aromatic amines is 1. The van der Waals surface area contributed by atoms with Gasteiger partial charge in [0.05, 0.1) is 12.9 Å². The fourth-order valence-corrected chi connectivity index (χ4v) is 3.64. The molecule has 0 spiro atoms. The highest BCUT2D eigenvalue weighted by Crippen LogP contribution is 2.20. The number of nitrogens with zero attached hydrogens (tertiary/aromatic N) is 3. The van der Waals surface area contributed by atoms with Crippen LogP contribution in [0.15, 0.2) is 36.8 Å². The van der Waals surface area contributed by atoms with Crippen molar-refractivity contribution in [3.05, 3.63) is 53.1 Å². The maximum atomic E-state index is 12.8. The molecule has 0 radical (unpaired) electrons. The number of hydrogen-bond acceptors (Lipinski definition) is 4. The summed E-state index contributed by atoms with van der Waals surface area (Å²) in [6.07, 6.45) is 3.53. The second-order valence-corrected chi connectivity index (χ2v) is 7.08. The van der Waals surface area contributed by atoms with E-state index in [4.69, 9.17) is 11.6 Å². The number of hydrogen-bond donors (Lipinski definition) is 2. The number of piperazine rings is 2. The molecule has 140 valence electrons. The van der Waals surface area contributed by atoms with Crippen molar-refractivity contribution in [3.8, 4) is 0 Å².